The molecule has 0 aliphatic carbocycles. The zero-order chi connectivity index (χ0) is 14.0. The van der Waals surface area contributed by atoms with Crippen molar-refractivity contribution in [2.24, 2.45) is 5.73 Å². The molecule has 100 valence electrons. The topological polar surface area (TPSA) is 64.1 Å². The Labute approximate surface area is 121 Å². The molecular weight excluding hydrogens is 282 g/mol. The van der Waals surface area contributed by atoms with Crippen LogP contribution in [0.1, 0.15) is 22.6 Å². The minimum atomic E-state index is 0.294. The van der Waals surface area contributed by atoms with E-state index in [2.05, 4.69) is 10.5 Å². The van der Waals surface area contributed by atoms with Gasteiger partial charge in [-0.1, -0.05) is 29.0 Å². The highest BCUT2D eigenvalue weighted by atomic mass is 35.5. The second-order valence-electron chi connectivity index (χ2n) is 4.22. The van der Waals surface area contributed by atoms with Gasteiger partial charge in [-0.2, -0.15) is 0 Å². The third kappa shape index (κ3) is 3.05. The molecule has 1 aromatic carbocycles. The third-order valence-corrected chi connectivity index (χ3v) is 3.42. The van der Waals surface area contributed by atoms with Crippen molar-refractivity contribution >= 4 is 34.5 Å². The first-order valence-electron chi connectivity index (χ1n) is 5.74. The summed E-state index contributed by atoms with van der Waals surface area (Å²) in [5, 5.41) is 7.71. The molecule has 0 bridgehead atoms. The number of aromatic nitrogens is 1. The van der Waals surface area contributed by atoms with Crippen LogP contribution in [0.4, 0.5) is 5.69 Å². The van der Waals surface area contributed by atoms with Crippen LogP contribution in [0.2, 0.25) is 5.02 Å². The van der Waals surface area contributed by atoms with Gasteiger partial charge in [-0.15, -0.1) is 0 Å². The van der Waals surface area contributed by atoms with Crippen LogP contribution < -0.4 is 11.1 Å². The molecule has 2 rings (SSSR count). The van der Waals surface area contributed by atoms with Gasteiger partial charge in [0, 0.05) is 23.4 Å². The number of hydrogen-bond acceptors (Lipinski definition) is 4. The molecule has 1 aromatic heterocycles. The van der Waals surface area contributed by atoms with Crippen LogP contribution in [0, 0.1) is 13.8 Å². The lowest BCUT2D eigenvalue weighted by Crippen LogP contribution is -2.10. The van der Waals surface area contributed by atoms with Crippen molar-refractivity contribution in [2.75, 3.05) is 5.32 Å². The first-order valence-corrected chi connectivity index (χ1v) is 6.52. The van der Waals surface area contributed by atoms with Crippen LogP contribution in [-0.4, -0.2) is 10.1 Å². The molecule has 19 heavy (non-hydrogen) atoms. The molecule has 6 heteroatoms. The SMILES string of the molecule is Cc1noc(C)c1CNc1ccc(C(N)=S)c(Cl)c1. The average molecular weight is 296 g/mol. The zero-order valence-corrected chi connectivity index (χ0v) is 12.2. The molecule has 0 aliphatic heterocycles. The molecule has 4 nitrogen and oxygen atoms in total. The van der Waals surface area contributed by atoms with Gasteiger partial charge in [0.05, 0.1) is 10.7 Å². The first-order chi connectivity index (χ1) is 8.99. The van der Waals surface area contributed by atoms with E-state index in [0.717, 1.165) is 22.7 Å². The summed E-state index contributed by atoms with van der Waals surface area (Å²) in [5.74, 6) is 0.816. The summed E-state index contributed by atoms with van der Waals surface area (Å²) in [6, 6.07) is 5.49. The molecule has 0 spiro atoms. The molecule has 0 aliphatic rings. The second kappa shape index (κ2) is 5.59. The fourth-order valence-electron chi connectivity index (χ4n) is 1.77. The van der Waals surface area contributed by atoms with Gasteiger partial charge >= 0.3 is 0 Å². The maximum Gasteiger partial charge on any atom is 0.138 e. The Balaban J connectivity index is 2.13. The Hall–Kier alpha value is -1.59. The van der Waals surface area contributed by atoms with Crippen molar-refractivity contribution in [3.63, 3.8) is 0 Å². The number of anilines is 1. The maximum atomic E-state index is 6.11. The van der Waals surface area contributed by atoms with E-state index in [0.29, 0.717) is 22.1 Å². The van der Waals surface area contributed by atoms with E-state index in [4.69, 9.17) is 34.1 Å². The van der Waals surface area contributed by atoms with E-state index in [-0.39, 0.29) is 0 Å². The summed E-state index contributed by atoms with van der Waals surface area (Å²) in [6.07, 6.45) is 0. The normalized spacial score (nSPS) is 10.5. The standard InChI is InChI=1S/C13H14ClN3OS/c1-7-11(8(2)18-17-7)6-16-9-3-4-10(13(15)19)12(14)5-9/h3-5,16H,6H2,1-2H3,(H2,15,19). The van der Waals surface area contributed by atoms with E-state index in [1.54, 1.807) is 12.1 Å². The average Bonchev–Trinajstić information content (AvgIpc) is 2.66. The van der Waals surface area contributed by atoms with Crippen LogP contribution in [0.15, 0.2) is 22.7 Å². The van der Waals surface area contributed by atoms with E-state index < -0.39 is 0 Å². The van der Waals surface area contributed by atoms with Gasteiger partial charge in [-0.3, -0.25) is 0 Å². The quantitative estimate of drug-likeness (QED) is 0.848. The third-order valence-electron chi connectivity index (χ3n) is 2.89. The van der Waals surface area contributed by atoms with Gasteiger partial charge in [0.1, 0.15) is 10.7 Å². The van der Waals surface area contributed by atoms with Crippen molar-refractivity contribution in [3.05, 3.63) is 45.8 Å². The van der Waals surface area contributed by atoms with Crippen LogP contribution in [-0.2, 0) is 6.54 Å². The van der Waals surface area contributed by atoms with Gasteiger partial charge in [-0.25, -0.2) is 0 Å². The molecule has 2 aromatic rings. The summed E-state index contributed by atoms with van der Waals surface area (Å²) in [6.45, 7) is 4.43. The fraction of sp³-hybridized carbons (Fsp3) is 0.231. The molecule has 0 fully saturated rings. The summed E-state index contributed by atoms with van der Waals surface area (Å²) in [7, 11) is 0. The lowest BCUT2D eigenvalue weighted by atomic mass is 10.2. The van der Waals surface area contributed by atoms with E-state index in [1.165, 1.54) is 0 Å². The number of nitrogens with two attached hydrogens (primary N) is 1. The van der Waals surface area contributed by atoms with Crippen molar-refractivity contribution < 1.29 is 4.52 Å². The molecule has 0 amide bonds. The predicted molar refractivity (Wildman–Crippen MR) is 80.6 cm³/mol. The van der Waals surface area contributed by atoms with Crippen molar-refractivity contribution in [1.29, 1.82) is 0 Å². The van der Waals surface area contributed by atoms with E-state index in [9.17, 15) is 0 Å². The van der Waals surface area contributed by atoms with Gasteiger partial charge in [-0.05, 0) is 32.0 Å². The molecule has 1 heterocycles. The fourth-order valence-corrected chi connectivity index (χ4v) is 2.29. The van der Waals surface area contributed by atoms with Crippen LogP contribution in [0.3, 0.4) is 0 Å². The van der Waals surface area contributed by atoms with Crippen molar-refractivity contribution in [3.8, 4) is 0 Å². The molecule has 0 radical (unpaired) electrons. The van der Waals surface area contributed by atoms with Gasteiger partial charge in [0.25, 0.3) is 0 Å². The Morgan fingerprint density at radius 3 is 2.74 bits per heavy atom. The Kier molecular flexibility index (Phi) is 4.07. The van der Waals surface area contributed by atoms with Gasteiger partial charge in [0.15, 0.2) is 0 Å². The highest BCUT2D eigenvalue weighted by Gasteiger charge is 2.09. The monoisotopic (exact) mass is 295 g/mol. The highest BCUT2D eigenvalue weighted by Crippen LogP contribution is 2.22. The molecule has 0 atom stereocenters. The van der Waals surface area contributed by atoms with Crippen LogP contribution >= 0.6 is 23.8 Å². The first kappa shape index (κ1) is 13.8. The number of benzene rings is 1. The summed E-state index contributed by atoms with van der Waals surface area (Å²) in [5.41, 5.74) is 9.07. The number of aryl methyl sites for hydroxylation is 2. The minimum absolute atomic E-state index is 0.294. The lowest BCUT2D eigenvalue weighted by Gasteiger charge is -2.08. The Morgan fingerprint density at radius 2 is 2.21 bits per heavy atom. The molecule has 0 unspecified atom stereocenters. The zero-order valence-electron chi connectivity index (χ0n) is 10.7. The van der Waals surface area contributed by atoms with E-state index in [1.807, 2.05) is 19.9 Å². The molecule has 3 N–H and O–H groups in total. The number of rotatable bonds is 4. The van der Waals surface area contributed by atoms with Gasteiger partial charge < -0.3 is 15.6 Å². The molecule has 0 saturated carbocycles. The number of nitrogens with one attached hydrogen (secondary N) is 1. The summed E-state index contributed by atoms with van der Waals surface area (Å²) >= 11 is 11.0. The summed E-state index contributed by atoms with van der Waals surface area (Å²) in [4.78, 5) is 0.294. The second-order valence-corrected chi connectivity index (χ2v) is 5.06. The number of hydrogen-bond donors (Lipinski definition) is 2. The number of thiocarbonyl (C=S) groups is 1. The van der Waals surface area contributed by atoms with Crippen LogP contribution in [0.25, 0.3) is 0 Å². The molecular formula is C13H14ClN3OS. The van der Waals surface area contributed by atoms with Crippen LogP contribution in [0.5, 0.6) is 0 Å². The lowest BCUT2D eigenvalue weighted by molar-refractivity contribution is 0.392. The maximum absolute atomic E-state index is 6.11. The van der Waals surface area contributed by atoms with Gasteiger partial charge in [0.2, 0.25) is 0 Å². The highest BCUT2D eigenvalue weighted by molar-refractivity contribution is 7.80. The number of halogens is 1. The minimum Gasteiger partial charge on any atom is -0.389 e. The van der Waals surface area contributed by atoms with Crippen molar-refractivity contribution in [1.82, 2.24) is 5.16 Å². The largest absolute Gasteiger partial charge is 0.389 e. The Bertz CT molecular complexity index is 605. The summed E-state index contributed by atoms with van der Waals surface area (Å²) < 4.78 is 5.11. The Morgan fingerprint density at radius 1 is 1.47 bits per heavy atom. The molecule has 0 saturated heterocycles. The van der Waals surface area contributed by atoms with Crippen molar-refractivity contribution in [2.45, 2.75) is 20.4 Å². The van der Waals surface area contributed by atoms with E-state index >= 15 is 0 Å². The smallest absolute Gasteiger partial charge is 0.138 e. The predicted octanol–water partition coefficient (Wildman–Crippen LogP) is 3.19. The number of nitrogens with zero attached hydrogens (tertiary/aromatic N) is 1.